The van der Waals surface area contributed by atoms with Gasteiger partial charge in [-0.15, -0.1) is 0 Å². The number of alkyl halides is 3. The van der Waals surface area contributed by atoms with Crippen LogP contribution in [0, 0.1) is 16.0 Å². The summed E-state index contributed by atoms with van der Waals surface area (Å²) >= 11 is 0. The van der Waals surface area contributed by atoms with Crippen molar-refractivity contribution in [3.05, 3.63) is 27.8 Å². The van der Waals surface area contributed by atoms with Gasteiger partial charge in [0.1, 0.15) is 0 Å². The highest BCUT2D eigenvalue weighted by atomic mass is 19.4. The van der Waals surface area contributed by atoms with E-state index in [4.69, 9.17) is 4.74 Å². The van der Waals surface area contributed by atoms with E-state index in [1.54, 1.807) is 13.8 Å². The number of carbonyl (C=O) groups is 1. The monoisotopic (exact) mass is 320 g/mol. The van der Waals surface area contributed by atoms with Crippen LogP contribution < -0.4 is 9.64 Å². The van der Waals surface area contributed by atoms with Gasteiger partial charge in [0.05, 0.1) is 17.7 Å². The first-order valence-electron chi connectivity index (χ1n) is 6.22. The Morgan fingerprint density at radius 3 is 2.27 bits per heavy atom. The molecule has 6 nitrogen and oxygen atoms in total. The SMILES string of the molecule is COc1c(N(C)C(=O)C(C)C)ccc([N+](=O)[O-])c1C(F)(F)F. The normalized spacial score (nSPS) is 11.5. The second kappa shape index (κ2) is 6.20. The van der Waals surface area contributed by atoms with Gasteiger partial charge in [-0.25, -0.2) is 0 Å². The highest BCUT2D eigenvalue weighted by Crippen LogP contribution is 2.46. The van der Waals surface area contributed by atoms with Gasteiger partial charge in [0, 0.05) is 19.0 Å². The number of rotatable bonds is 4. The largest absolute Gasteiger partial charge is 0.494 e. The molecule has 1 rings (SSSR count). The minimum Gasteiger partial charge on any atom is -0.494 e. The third-order valence-corrected chi connectivity index (χ3v) is 2.99. The Morgan fingerprint density at radius 2 is 1.91 bits per heavy atom. The van der Waals surface area contributed by atoms with E-state index in [0.717, 1.165) is 18.1 Å². The zero-order chi connectivity index (χ0) is 17.2. The predicted octanol–water partition coefficient (Wildman–Crippen LogP) is 3.24. The van der Waals surface area contributed by atoms with Crippen molar-refractivity contribution in [1.29, 1.82) is 0 Å². The summed E-state index contributed by atoms with van der Waals surface area (Å²) < 4.78 is 44.2. The van der Waals surface area contributed by atoms with Crippen LogP contribution in [-0.2, 0) is 11.0 Å². The van der Waals surface area contributed by atoms with Gasteiger partial charge in [0.2, 0.25) is 5.91 Å². The van der Waals surface area contributed by atoms with Gasteiger partial charge in [-0.05, 0) is 6.07 Å². The Balaban J connectivity index is 3.64. The molecular formula is C13H15F3N2O4. The molecule has 0 heterocycles. The highest BCUT2D eigenvalue weighted by Gasteiger charge is 2.43. The van der Waals surface area contributed by atoms with Crippen molar-refractivity contribution in [2.75, 3.05) is 19.1 Å². The molecule has 0 aliphatic carbocycles. The maximum atomic E-state index is 13.2. The van der Waals surface area contributed by atoms with Crippen molar-refractivity contribution < 1.29 is 27.6 Å². The number of nitro groups is 1. The molecule has 0 aliphatic rings. The van der Waals surface area contributed by atoms with E-state index in [0.29, 0.717) is 6.07 Å². The minimum absolute atomic E-state index is 0.181. The van der Waals surface area contributed by atoms with E-state index in [1.807, 2.05) is 0 Å². The van der Waals surface area contributed by atoms with Crippen LogP contribution in [0.25, 0.3) is 0 Å². The Morgan fingerprint density at radius 1 is 1.36 bits per heavy atom. The number of carbonyl (C=O) groups excluding carboxylic acids is 1. The Hall–Kier alpha value is -2.32. The topological polar surface area (TPSA) is 72.7 Å². The fraction of sp³-hybridized carbons (Fsp3) is 0.462. The summed E-state index contributed by atoms with van der Waals surface area (Å²) in [5.74, 6) is -1.65. The summed E-state index contributed by atoms with van der Waals surface area (Å²) in [5, 5.41) is 10.8. The van der Waals surface area contributed by atoms with Crippen LogP contribution in [0.2, 0.25) is 0 Å². The molecule has 1 aromatic carbocycles. The van der Waals surface area contributed by atoms with Crippen LogP contribution in [-0.4, -0.2) is 25.0 Å². The molecule has 0 N–H and O–H groups in total. The van der Waals surface area contributed by atoms with Crippen LogP contribution in [0.3, 0.4) is 0 Å². The van der Waals surface area contributed by atoms with Crippen molar-refractivity contribution in [3.63, 3.8) is 0 Å². The van der Waals surface area contributed by atoms with E-state index < -0.39 is 39.9 Å². The van der Waals surface area contributed by atoms with Gasteiger partial charge in [-0.1, -0.05) is 13.8 Å². The Bertz CT molecular complexity index is 600. The minimum atomic E-state index is -4.99. The maximum absolute atomic E-state index is 13.2. The lowest BCUT2D eigenvalue weighted by Gasteiger charge is -2.23. The fourth-order valence-electron chi connectivity index (χ4n) is 1.96. The number of amides is 1. The van der Waals surface area contributed by atoms with Gasteiger partial charge in [-0.3, -0.25) is 14.9 Å². The standard InChI is InChI=1S/C13H15F3N2O4/c1-7(2)12(19)17(3)9-6-5-8(18(20)21)10(11(9)22-4)13(14,15)16/h5-7H,1-4H3. The molecule has 122 valence electrons. The molecular weight excluding hydrogens is 305 g/mol. The van der Waals surface area contributed by atoms with E-state index in [-0.39, 0.29) is 5.69 Å². The average Bonchev–Trinajstić information content (AvgIpc) is 2.42. The number of ether oxygens (including phenoxy) is 1. The third kappa shape index (κ3) is 3.29. The molecule has 0 aromatic heterocycles. The molecule has 0 saturated carbocycles. The second-order valence-electron chi connectivity index (χ2n) is 4.82. The maximum Gasteiger partial charge on any atom is 0.426 e. The van der Waals surface area contributed by atoms with Crippen LogP contribution in [0.5, 0.6) is 5.75 Å². The molecule has 0 radical (unpaired) electrons. The molecule has 0 aliphatic heterocycles. The van der Waals surface area contributed by atoms with Crippen molar-refractivity contribution >= 4 is 17.3 Å². The lowest BCUT2D eigenvalue weighted by molar-refractivity contribution is -0.388. The molecule has 1 amide bonds. The molecule has 0 unspecified atom stereocenters. The number of hydrogen-bond donors (Lipinski definition) is 0. The summed E-state index contributed by atoms with van der Waals surface area (Å²) in [6.07, 6.45) is -4.99. The zero-order valence-corrected chi connectivity index (χ0v) is 12.4. The first-order valence-corrected chi connectivity index (χ1v) is 6.22. The molecule has 22 heavy (non-hydrogen) atoms. The van der Waals surface area contributed by atoms with E-state index in [2.05, 4.69) is 0 Å². The van der Waals surface area contributed by atoms with Crippen LogP contribution in [0.15, 0.2) is 12.1 Å². The number of hydrogen-bond acceptors (Lipinski definition) is 4. The molecule has 1 aromatic rings. The second-order valence-corrected chi connectivity index (χ2v) is 4.82. The van der Waals surface area contributed by atoms with E-state index in [9.17, 15) is 28.1 Å². The molecule has 0 fully saturated rings. The van der Waals surface area contributed by atoms with Gasteiger partial charge in [0.15, 0.2) is 11.3 Å². The van der Waals surface area contributed by atoms with Gasteiger partial charge < -0.3 is 9.64 Å². The molecule has 0 atom stereocenters. The summed E-state index contributed by atoms with van der Waals surface area (Å²) in [6, 6.07) is 1.78. The molecule has 0 spiro atoms. The average molecular weight is 320 g/mol. The predicted molar refractivity (Wildman–Crippen MR) is 72.9 cm³/mol. The summed E-state index contributed by atoms with van der Waals surface area (Å²) in [4.78, 5) is 22.6. The number of halogens is 3. The Kier molecular flexibility index (Phi) is 5.00. The number of nitro benzene ring substituents is 1. The number of benzene rings is 1. The third-order valence-electron chi connectivity index (χ3n) is 2.99. The van der Waals surface area contributed by atoms with Crippen LogP contribution >= 0.6 is 0 Å². The Labute approximate surface area is 124 Å². The van der Waals surface area contributed by atoms with Crippen molar-refractivity contribution in [1.82, 2.24) is 0 Å². The summed E-state index contributed by atoms with van der Waals surface area (Å²) in [7, 11) is 2.25. The molecule has 0 bridgehead atoms. The fourth-order valence-corrected chi connectivity index (χ4v) is 1.96. The number of nitrogens with zero attached hydrogens (tertiary/aromatic N) is 2. The van der Waals surface area contributed by atoms with E-state index in [1.165, 1.54) is 7.05 Å². The highest BCUT2D eigenvalue weighted by molar-refractivity contribution is 5.96. The molecule has 0 saturated heterocycles. The van der Waals surface area contributed by atoms with Crippen molar-refractivity contribution in [2.45, 2.75) is 20.0 Å². The molecule has 9 heteroatoms. The van der Waals surface area contributed by atoms with Gasteiger partial charge >= 0.3 is 6.18 Å². The first kappa shape index (κ1) is 17.7. The van der Waals surface area contributed by atoms with E-state index >= 15 is 0 Å². The lowest BCUT2D eigenvalue weighted by atomic mass is 10.1. The number of methoxy groups -OCH3 is 1. The van der Waals surface area contributed by atoms with Gasteiger partial charge in [-0.2, -0.15) is 13.2 Å². The van der Waals surface area contributed by atoms with Crippen molar-refractivity contribution in [2.24, 2.45) is 5.92 Å². The quantitative estimate of drug-likeness (QED) is 0.630. The first-order chi connectivity index (χ1) is 10.0. The van der Waals surface area contributed by atoms with Crippen LogP contribution in [0.4, 0.5) is 24.5 Å². The number of anilines is 1. The summed E-state index contributed by atoms with van der Waals surface area (Å²) in [6.45, 7) is 3.17. The zero-order valence-electron chi connectivity index (χ0n) is 12.4. The van der Waals surface area contributed by atoms with Gasteiger partial charge in [0.25, 0.3) is 5.69 Å². The van der Waals surface area contributed by atoms with Crippen LogP contribution in [0.1, 0.15) is 19.4 Å². The van der Waals surface area contributed by atoms with Crippen molar-refractivity contribution in [3.8, 4) is 5.75 Å². The summed E-state index contributed by atoms with van der Waals surface area (Å²) in [5.41, 5.74) is -2.82. The smallest absolute Gasteiger partial charge is 0.426 e. The lowest BCUT2D eigenvalue weighted by Crippen LogP contribution is -2.31.